The van der Waals surface area contributed by atoms with Crippen molar-refractivity contribution >= 4 is 52.0 Å². The van der Waals surface area contributed by atoms with Crippen LogP contribution in [0.15, 0.2) is 90.0 Å². The summed E-state index contributed by atoms with van der Waals surface area (Å²) in [6, 6.07) is 26.7. The number of carboxylic acid groups (broad SMARTS) is 1. The number of aromatic nitrogens is 2. The Bertz CT molecular complexity index is 1760. The molecule has 1 aliphatic heterocycles. The maximum atomic E-state index is 11.7. The van der Waals surface area contributed by atoms with E-state index < -0.39 is 5.97 Å². The molecule has 2 atom stereocenters. The second-order valence-corrected chi connectivity index (χ2v) is 14.1. The highest BCUT2D eigenvalue weighted by atomic mass is 35.5. The van der Waals surface area contributed by atoms with E-state index in [-0.39, 0.29) is 5.92 Å². The van der Waals surface area contributed by atoms with Gasteiger partial charge in [0.1, 0.15) is 12.4 Å². The molecule has 0 aliphatic carbocycles. The van der Waals surface area contributed by atoms with E-state index in [9.17, 15) is 9.90 Å². The number of hydrogen-bond donors (Lipinski definition) is 1. The minimum atomic E-state index is -0.723. The summed E-state index contributed by atoms with van der Waals surface area (Å²) in [6.07, 6.45) is 3.45. The van der Waals surface area contributed by atoms with Crippen LogP contribution in [0.2, 0.25) is 5.02 Å². The van der Waals surface area contributed by atoms with Gasteiger partial charge >= 0.3 is 5.97 Å². The Labute approximate surface area is 272 Å². The third-order valence-corrected chi connectivity index (χ3v) is 10.7. The molecule has 1 aliphatic rings. The molecule has 5 nitrogen and oxygen atoms in total. The van der Waals surface area contributed by atoms with Crippen LogP contribution in [0.4, 0.5) is 0 Å². The summed E-state index contributed by atoms with van der Waals surface area (Å²) in [4.78, 5) is 17.7. The minimum absolute atomic E-state index is 0.344. The van der Waals surface area contributed by atoms with Crippen molar-refractivity contribution in [3.05, 3.63) is 113 Å². The van der Waals surface area contributed by atoms with Gasteiger partial charge in [-0.3, -0.25) is 9.78 Å². The number of nitrogens with zero attached hydrogens (tertiary/aromatic N) is 2. The van der Waals surface area contributed by atoms with E-state index in [2.05, 4.69) is 58.9 Å². The van der Waals surface area contributed by atoms with Crippen molar-refractivity contribution < 1.29 is 14.6 Å². The lowest BCUT2D eigenvalue weighted by atomic mass is 10.0. The Balaban J connectivity index is 1.32. The van der Waals surface area contributed by atoms with Gasteiger partial charge in [-0.1, -0.05) is 74.0 Å². The van der Waals surface area contributed by atoms with Crippen LogP contribution in [0.1, 0.15) is 42.8 Å². The number of carbonyl (C=O) groups is 1. The van der Waals surface area contributed by atoms with Gasteiger partial charge in [-0.05, 0) is 54.3 Å². The van der Waals surface area contributed by atoms with E-state index in [4.69, 9.17) is 16.3 Å². The summed E-state index contributed by atoms with van der Waals surface area (Å²) in [7, 11) is 0. The fourth-order valence-corrected chi connectivity index (χ4v) is 8.53. The number of rotatable bonds is 12. The normalized spacial score (nSPS) is 14.9. The maximum absolute atomic E-state index is 11.7. The first-order valence-electron chi connectivity index (χ1n) is 14.9. The average molecular weight is 643 g/mol. The van der Waals surface area contributed by atoms with Crippen molar-refractivity contribution in [2.45, 2.75) is 55.7 Å². The van der Waals surface area contributed by atoms with E-state index in [1.807, 2.05) is 61.3 Å². The van der Waals surface area contributed by atoms with E-state index in [1.165, 1.54) is 32.6 Å². The standard InChI is InChI=1S/C36H35ClN2O3S2/c1-3-25(36(40)41)21-43-22-32-35-34-30(17-23(2)44-35)33(16-15-31(34)39(32)19-24-9-12-28(37)13-10-24)42-20-29-14-11-27(18-38-29)26-7-5-4-6-8-26/h4-16,18,23,25H,3,17,19-22H2,1-2H3,(H,40,41)/t23?,25-/m1/s1. The number of pyridine rings is 1. The molecule has 3 heterocycles. The maximum Gasteiger partial charge on any atom is 0.307 e. The summed E-state index contributed by atoms with van der Waals surface area (Å²) < 4.78 is 8.88. The molecule has 1 N–H and O–H groups in total. The van der Waals surface area contributed by atoms with Crippen molar-refractivity contribution in [1.82, 2.24) is 9.55 Å². The zero-order valence-electron chi connectivity index (χ0n) is 24.8. The highest BCUT2D eigenvalue weighted by molar-refractivity contribution is 8.00. The third kappa shape index (κ3) is 6.65. The molecule has 8 heteroatoms. The third-order valence-electron chi connectivity index (χ3n) is 8.13. The SMILES string of the molecule is CC[C@H](CSCc1c2c3c(c(OCc4ccc(-c5ccccc5)cn4)ccc3n1Cc1ccc(Cl)cc1)CC(C)S2)C(=O)O. The lowest BCUT2D eigenvalue weighted by Crippen LogP contribution is -2.15. The van der Waals surface area contributed by atoms with E-state index in [1.54, 1.807) is 11.8 Å². The zero-order chi connectivity index (χ0) is 30.6. The van der Waals surface area contributed by atoms with Crippen LogP contribution in [0.25, 0.3) is 22.0 Å². The van der Waals surface area contributed by atoms with Gasteiger partial charge in [-0.15, -0.1) is 11.8 Å². The minimum Gasteiger partial charge on any atom is -0.487 e. The van der Waals surface area contributed by atoms with Gasteiger partial charge in [0, 0.05) is 61.6 Å². The van der Waals surface area contributed by atoms with E-state index >= 15 is 0 Å². The number of aliphatic carboxylic acids is 1. The summed E-state index contributed by atoms with van der Waals surface area (Å²) in [5.41, 5.74) is 7.95. The molecule has 0 fully saturated rings. The van der Waals surface area contributed by atoms with Crippen LogP contribution in [-0.2, 0) is 30.1 Å². The molecule has 3 aromatic carbocycles. The lowest BCUT2D eigenvalue weighted by molar-refractivity contribution is -0.140. The lowest BCUT2D eigenvalue weighted by Gasteiger charge is -2.22. The van der Waals surface area contributed by atoms with Crippen LogP contribution < -0.4 is 4.74 Å². The topological polar surface area (TPSA) is 64.4 Å². The predicted molar refractivity (Wildman–Crippen MR) is 183 cm³/mol. The summed E-state index contributed by atoms with van der Waals surface area (Å²) in [6.45, 7) is 5.32. The average Bonchev–Trinajstić information content (AvgIpc) is 3.32. The van der Waals surface area contributed by atoms with Gasteiger partial charge < -0.3 is 14.4 Å². The quantitative estimate of drug-likeness (QED) is 0.146. The molecule has 2 aromatic heterocycles. The molecular weight excluding hydrogens is 608 g/mol. The number of ether oxygens (including phenoxy) is 1. The van der Waals surface area contributed by atoms with Gasteiger partial charge in [0.15, 0.2) is 0 Å². The van der Waals surface area contributed by atoms with Crippen LogP contribution >= 0.6 is 35.1 Å². The molecule has 1 unspecified atom stereocenters. The number of benzene rings is 3. The van der Waals surface area contributed by atoms with Crippen molar-refractivity contribution in [2.75, 3.05) is 5.75 Å². The second kappa shape index (κ2) is 13.7. The summed E-state index contributed by atoms with van der Waals surface area (Å²) in [5, 5.41) is 12.0. The molecule has 0 radical (unpaired) electrons. The van der Waals surface area contributed by atoms with E-state index in [0.29, 0.717) is 30.6 Å². The fraction of sp³-hybridized carbons (Fsp3) is 0.278. The van der Waals surface area contributed by atoms with Crippen LogP contribution in [0.3, 0.4) is 0 Å². The predicted octanol–water partition coefficient (Wildman–Crippen LogP) is 9.36. The Morgan fingerprint density at radius 2 is 1.89 bits per heavy atom. The highest BCUT2D eigenvalue weighted by Crippen LogP contribution is 2.48. The fourth-order valence-electron chi connectivity index (χ4n) is 5.72. The van der Waals surface area contributed by atoms with Crippen LogP contribution in [0, 0.1) is 5.92 Å². The molecule has 44 heavy (non-hydrogen) atoms. The molecule has 0 saturated heterocycles. The van der Waals surface area contributed by atoms with Crippen molar-refractivity contribution in [3.63, 3.8) is 0 Å². The molecule has 0 spiro atoms. The number of hydrogen-bond acceptors (Lipinski definition) is 5. The first-order valence-corrected chi connectivity index (χ1v) is 17.3. The van der Waals surface area contributed by atoms with Gasteiger partial charge in [0.05, 0.1) is 17.1 Å². The molecule has 0 amide bonds. The number of halogens is 1. The monoisotopic (exact) mass is 642 g/mol. The second-order valence-electron chi connectivity index (χ2n) is 11.2. The van der Waals surface area contributed by atoms with Crippen molar-refractivity contribution in [3.8, 4) is 16.9 Å². The summed E-state index contributed by atoms with van der Waals surface area (Å²) in [5.74, 6) is 1.17. The van der Waals surface area contributed by atoms with Gasteiger partial charge in [-0.25, -0.2) is 0 Å². The number of thioether (sulfide) groups is 2. The first-order chi connectivity index (χ1) is 21.4. The van der Waals surface area contributed by atoms with Crippen molar-refractivity contribution in [1.29, 1.82) is 0 Å². The number of carboxylic acids is 1. The first kappa shape index (κ1) is 30.6. The van der Waals surface area contributed by atoms with Crippen LogP contribution in [-0.4, -0.2) is 31.6 Å². The van der Waals surface area contributed by atoms with Crippen LogP contribution in [0.5, 0.6) is 5.75 Å². The zero-order valence-corrected chi connectivity index (χ0v) is 27.2. The molecule has 226 valence electrons. The molecule has 5 aromatic rings. The highest BCUT2D eigenvalue weighted by Gasteiger charge is 2.29. The Morgan fingerprint density at radius 1 is 1.09 bits per heavy atom. The molecular formula is C36H35ClN2O3S2. The van der Waals surface area contributed by atoms with Crippen molar-refractivity contribution in [2.24, 2.45) is 5.92 Å². The summed E-state index contributed by atoms with van der Waals surface area (Å²) >= 11 is 9.82. The molecule has 0 saturated carbocycles. The Morgan fingerprint density at radius 3 is 2.59 bits per heavy atom. The molecule has 0 bridgehead atoms. The van der Waals surface area contributed by atoms with E-state index in [0.717, 1.165) is 39.8 Å². The largest absolute Gasteiger partial charge is 0.487 e. The van der Waals surface area contributed by atoms with Gasteiger partial charge in [-0.2, -0.15) is 11.8 Å². The Kier molecular flexibility index (Phi) is 9.55. The smallest absolute Gasteiger partial charge is 0.307 e. The van der Waals surface area contributed by atoms with Gasteiger partial charge in [0.2, 0.25) is 0 Å². The Hall–Kier alpha value is -3.39. The van der Waals surface area contributed by atoms with Gasteiger partial charge in [0.25, 0.3) is 0 Å². The molecule has 6 rings (SSSR count).